The number of rotatable bonds is 8. The molecule has 2 heterocycles. The molecule has 1 aliphatic heterocycles. The van der Waals surface area contributed by atoms with E-state index in [0.717, 1.165) is 50.4 Å². The number of hydrogen-bond donors (Lipinski definition) is 1. The first-order valence-corrected chi connectivity index (χ1v) is 10.8. The van der Waals surface area contributed by atoms with Crippen LogP contribution in [-0.4, -0.2) is 62.6 Å². The highest BCUT2D eigenvalue weighted by molar-refractivity contribution is 5.58. The van der Waals surface area contributed by atoms with Crippen LogP contribution in [0.2, 0.25) is 0 Å². The molecule has 0 unspecified atom stereocenters. The van der Waals surface area contributed by atoms with E-state index in [1.54, 1.807) is 0 Å². The largest absolute Gasteiger partial charge is 0.371 e. The number of benzene rings is 1. The van der Waals surface area contributed by atoms with Crippen LogP contribution in [0.1, 0.15) is 30.4 Å². The van der Waals surface area contributed by atoms with Crippen molar-refractivity contribution < 1.29 is 4.79 Å². The topological polar surface area (TPSA) is 51.7 Å². The van der Waals surface area contributed by atoms with Crippen molar-refractivity contribution in [2.45, 2.75) is 37.3 Å². The lowest BCUT2D eigenvalue weighted by molar-refractivity contribution is -0.115. The molecule has 0 radical (unpaired) electrons. The second-order valence-electron chi connectivity index (χ2n) is 9.21. The Hall–Kier alpha value is -2.60. The number of anilines is 2. The third-order valence-electron chi connectivity index (χ3n) is 6.99. The third kappa shape index (κ3) is 3.54. The summed E-state index contributed by atoms with van der Waals surface area (Å²) in [5.41, 5.74) is 3.31. The molecule has 1 aromatic carbocycles. The molecule has 6 heteroatoms. The summed E-state index contributed by atoms with van der Waals surface area (Å²) in [6, 6.07) is 12.8. The number of likely N-dealkylation sites (N-methyl/N-ethyl adjacent to an activating group) is 1. The smallest absolute Gasteiger partial charge is 0.207 e. The summed E-state index contributed by atoms with van der Waals surface area (Å²) in [5.74, 6) is 1.07. The van der Waals surface area contributed by atoms with Gasteiger partial charge in [0.1, 0.15) is 5.82 Å². The number of hydrogen-bond acceptors (Lipinski definition) is 5. The second-order valence-corrected chi connectivity index (χ2v) is 9.21. The minimum absolute atomic E-state index is 0.0627. The van der Waals surface area contributed by atoms with Gasteiger partial charge in [-0.05, 0) is 57.5 Å². The Morgan fingerprint density at radius 2 is 1.87 bits per heavy atom. The number of aromatic nitrogens is 1. The van der Waals surface area contributed by atoms with Crippen LogP contribution in [0.3, 0.4) is 0 Å². The van der Waals surface area contributed by atoms with Gasteiger partial charge in [-0.1, -0.05) is 30.3 Å². The first kappa shape index (κ1) is 20.7. The minimum atomic E-state index is -0.265. The highest BCUT2D eigenvalue weighted by Crippen LogP contribution is 2.52. The normalized spacial score (nSPS) is 25.4. The van der Waals surface area contributed by atoms with Gasteiger partial charge in [0.2, 0.25) is 6.41 Å². The molecule has 1 N–H and O–H groups in total. The van der Waals surface area contributed by atoms with Gasteiger partial charge in [-0.25, -0.2) is 4.98 Å². The van der Waals surface area contributed by atoms with Crippen molar-refractivity contribution >= 4 is 17.9 Å². The molecule has 30 heavy (non-hydrogen) atoms. The number of aryl methyl sites for hydroxylation is 1. The number of amides is 1. The van der Waals surface area contributed by atoms with Gasteiger partial charge in [0.25, 0.3) is 0 Å². The molecule has 0 spiro atoms. The van der Waals surface area contributed by atoms with Crippen molar-refractivity contribution in [3.05, 3.63) is 53.7 Å². The molecule has 1 aliphatic carbocycles. The fraction of sp³-hybridized carbons (Fsp3) is 0.500. The molecule has 1 saturated heterocycles. The summed E-state index contributed by atoms with van der Waals surface area (Å²) in [5, 5.41) is 3.17. The summed E-state index contributed by atoms with van der Waals surface area (Å²) in [6.45, 7) is 5.09. The van der Waals surface area contributed by atoms with E-state index in [1.807, 2.05) is 6.20 Å². The van der Waals surface area contributed by atoms with Gasteiger partial charge in [-0.2, -0.15) is 0 Å². The highest BCUT2D eigenvalue weighted by Gasteiger charge is 2.57. The number of nitrogens with one attached hydrogen (secondary N) is 1. The van der Waals surface area contributed by atoms with Crippen molar-refractivity contribution in [3.8, 4) is 0 Å². The second kappa shape index (κ2) is 7.91. The molecule has 2 fully saturated rings. The maximum Gasteiger partial charge on any atom is 0.207 e. The standard InChI is InChI=1S/C24H33N5O/c1-19-13-22(29-11-8-12-29)25-14-21(19)28(4)17-23(26-18-30)15-24(16-23,27(2)3)20-9-6-5-7-10-20/h5-7,9-10,13-14,18H,8,11-12,15-17H2,1-4H3,(H,26,30). The Morgan fingerprint density at radius 1 is 1.17 bits per heavy atom. The monoisotopic (exact) mass is 407 g/mol. The van der Waals surface area contributed by atoms with E-state index in [4.69, 9.17) is 4.98 Å². The Bertz CT molecular complexity index is 888. The Morgan fingerprint density at radius 3 is 2.40 bits per heavy atom. The van der Waals surface area contributed by atoms with Crippen molar-refractivity contribution in [3.63, 3.8) is 0 Å². The lowest BCUT2D eigenvalue weighted by Crippen LogP contribution is -2.70. The first-order chi connectivity index (χ1) is 14.4. The lowest BCUT2D eigenvalue weighted by Gasteiger charge is -2.60. The van der Waals surface area contributed by atoms with Crippen molar-refractivity contribution in [1.29, 1.82) is 0 Å². The molecule has 1 saturated carbocycles. The molecule has 2 aliphatic rings. The average Bonchev–Trinajstić information content (AvgIpc) is 2.64. The molecule has 4 rings (SSSR count). The van der Waals surface area contributed by atoms with Crippen LogP contribution in [0.25, 0.3) is 0 Å². The molecule has 1 aromatic heterocycles. The SMILES string of the molecule is Cc1cc(N2CCC2)ncc1N(C)CC1(NC=O)CC(c2ccccc2)(N(C)C)C1. The summed E-state index contributed by atoms with van der Waals surface area (Å²) >= 11 is 0. The van der Waals surface area contributed by atoms with Crippen LogP contribution in [0.5, 0.6) is 0 Å². The molecule has 0 bridgehead atoms. The maximum atomic E-state index is 11.5. The van der Waals surface area contributed by atoms with Crippen LogP contribution in [0.15, 0.2) is 42.6 Å². The van der Waals surface area contributed by atoms with Crippen LogP contribution >= 0.6 is 0 Å². The zero-order valence-corrected chi connectivity index (χ0v) is 18.6. The van der Waals surface area contributed by atoms with E-state index < -0.39 is 0 Å². The Kier molecular flexibility index (Phi) is 5.45. The van der Waals surface area contributed by atoms with E-state index in [0.29, 0.717) is 0 Å². The molecular weight excluding hydrogens is 374 g/mol. The van der Waals surface area contributed by atoms with Gasteiger partial charge in [-0.3, -0.25) is 9.69 Å². The van der Waals surface area contributed by atoms with Crippen molar-refractivity contribution in [2.75, 3.05) is 50.6 Å². The summed E-state index contributed by atoms with van der Waals surface area (Å²) in [6.07, 6.45) is 5.83. The zero-order valence-electron chi connectivity index (χ0n) is 18.6. The quantitative estimate of drug-likeness (QED) is 0.682. The van der Waals surface area contributed by atoms with Crippen molar-refractivity contribution in [2.24, 2.45) is 0 Å². The molecule has 6 nitrogen and oxygen atoms in total. The predicted octanol–water partition coefficient (Wildman–Crippen LogP) is 2.77. The predicted molar refractivity (Wildman–Crippen MR) is 122 cm³/mol. The third-order valence-corrected chi connectivity index (χ3v) is 6.99. The molecular formula is C24H33N5O. The summed E-state index contributed by atoms with van der Waals surface area (Å²) < 4.78 is 0. The van der Waals surface area contributed by atoms with Gasteiger partial charge in [0.05, 0.1) is 23.0 Å². The van der Waals surface area contributed by atoms with Gasteiger partial charge in [0.15, 0.2) is 0 Å². The van der Waals surface area contributed by atoms with Crippen LogP contribution in [0.4, 0.5) is 11.5 Å². The Balaban J connectivity index is 1.53. The van der Waals surface area contributed by atoms with E-state index in [2.05, 4.69) is 84.5 Å². The van der Waals surface area contributed by atoms with E-state index >= 15 is 0 Å². The van der Waals surface area contributed by atoms with Crippen LogP contribution in [0, 0.1) is 6.92 Å². The Labute approximate surface area is 179 Å². The summed E-state index contributed by atoms with van der Waals surface area (Å²) in [7, 11) is 6.36. The molecule has 1 amide bonds. The number of carbonyl (C=O) groups excluding carboxylic acids is 1. The minimum Gasteiger partial charge on any atom is -0.371 e. The van der Waals surface area contributed by atoms with Gasteiger partial charge in [0, 0.05) is 26.7 Å². The number of pyridine rings is 1. The first-order valence-electron chi connectivity index (χ1n) is 10.8. The molecule has 160 valence electrons. The molecule has 2 aromatic rings. The van der Waals surface area contributed by atoms with E-state index in [-0.39, 0.29) is 11.1 Å². The zero-order chi connectivity index (χ0) is 21.4. The van der Waals surface area contributed by atoms with Crippen molar-refractivity contribution in [1.82, 2.24) is 15.2 Å². The van der Waals surface area contributed by atoms with Crippen LogP contribution in [-0.2, 0) is 10.3 Å². The average molecular weight is 408 g/mol. The lowest BCUT2D eigenvalue weighted by atomic mass is 9.58. The fourth-order valence-electron chi connectivity index (χ4n) is 5.17. The van der Waals surface area contributed by atoms with Gasteiger partial charge >= 0.3 is 0 Å². The van der Waals surface area contributed by atoms with Crippen LogP contribution < -0.4 is 15.1 Å². The summed E-state index contributed by atoms with van der Waals surface area (Å²) in [4.78, 5) is 23.0. The van der Waals surface area contributed by atoms with Gasteiger partial charge < -0.3 is 15.1 Å². The number of carbonyl (C=O) groups is 1. The molecule has 0 atom stereocenters. The van der Waals surface area contributed by atoms with Gasteiger partial charge in [-0.15, -0.1) is 0 Å². The highest BCUT2D eigenvalue weighted by atomic mass is 16.1. The maximum absolute atomic E-state index is 11.5. The number of nitrogens with zero attached hydrogens (tertiary/aromatic N) is 4. The van der Waals surface area contributed by atoms with E-state index in [9.17, 15) is 4.79 Å². The van der Waals surface area contributed by atoms with E-state index in [1.165, 1.54) is 17.5 Å². The fourth-order valence-corrected chi connectivity index (χ4v) is 5.17.